The van der Waals surface area contributed by atoms with Gasteiger partial charge in [-0.05, 0) is 30.2 Å². The molecule has 2 aromatic carbocycles. The van der Waals surface area contributed by atoms with E-state index in [1.807, 2.05) is 18.2 Å². The minimum absolute atomic E-state index is 0.0152. The summed E-state index contributed by atoms with van der Waals surface area (Å²) in [5, 5.41) is 0.522. The predicted octanol–water partition coefficient (Wildman–Crippen LogP) is 5.09. The van der Waals surface area contributed by atoms with E-state index in [2.05, 4.69) is 39.7 Å². The van der Waals surface area contributed by atoms with Crippen LogP contribution in [0.15, 0.2) is 59.7 Å². The Bertz CT molecular complexity index is 994. The summed E-state index contributed by atoms with van der Waals surface area (Å²) in [6, 6.07) is 14.7. The smallest absolute Gasteiger partial charge is 0.218 e. The molecule has 1 aliphatic heterocycles. The zero-order valence-corrected chi connectivity index (χ0v) is 16.6. The molecule has 6 heteroatoms. The lowest BCUT2D eigenvalue weighted by Gasteiger charge is -2.28. The first kappa shape index (κ1) is 18.3. The highest BCUT2D eigenvalue weighted by molar-refractivity contribution is 14.1. The minimum Gasteiger partial charge on any atom is -0.473 e. The molecule has 138 valence electrons. The molecule has 0 aliphatic carbocycles. The number of halogens is 3. The van der Waals surface area contributed by atoms with Crippen molar-refractivity contribution in [3.63, 3.8) is 0 Å². The quantitative estimate of drug-likeness (QED) is 0.387. The van der Waals surface area contributed by atoms with Crippen LogP contribution >= 0.6 is 22.6 Å². The summed E-state index contributed by atoms with van der Waals surface area (Å²) in [6.07, 6.45) is 3.25. The van der Waals surface area contributed by atoms with Gasteiger partial charge in [0.1, 0.15) is 11.6 Å². The van der Waals surface area contributed by atoms with Gasteiger partial charge in [-0.25, -0.2) is 13.8 Å². The molecule has 0 saturated heterocycles. The Morgan fingerprint density at radius 2 is 1.93 bits per heavy atom. The highest BCUT2D eigenvalue weighted by Gasteiger charge is 2.26. The van der Waals surface area contributed by atoms with Crippen LogP contribution in [0, 0.1) is 11.6 Å². The van der Waals surface area contributed by atoms with Crippen molar-refractivity contribution in [2.24, 2.45) is 4.99 Å². The van der Waals surface area contributed by atoms with Gasteiger partial charge in [-0.15, -0.1) is 0 Å². The third-order valence-corrected chi connectivity index (χ3v) is 5.57. The Morgan fingerprint density at radius 3 is 2.70 bits per heavy atom. The maximum absolute atomic E-state index is 13.9. The van der Waals surface area contributed by atoms with E-state index in [1.54, 1.807) is 6.07 Å². The average Bonchev–Trinajstić information content (AvgIpc) is 2.71. The number of aromatic nitrogens is 1. The van der Waals surface area contributed by atoms with Crippen molar-refractivity contribution < 1.29 is 13.5 Å². The molecule has 0 saturated carbocycles. The molecule has 0 fully saturated rings. The van der Waals surface area contributed by atoms with Crippen LogP contribution in [-0.4, -0.2) is 27.5 Å². The maximum Gasteiger partial charge on any atom is 0.218 e. The van der Waals surface area contributed by atoms with Gasteiger partial charge in [0.25, 0.3) is 0 Å². The molecule has 0 amide bonds. The van der Waals surface area contributed by atoms with Gasteiger partial charge in [0, 0.05) is 22.4 Å². The van der Waals surface area contributed by atoms with Gasteiger partial charge >= 0.3 is 0 Å². The molecular weight excluding hydrogens is 461 g/mol. The van der Waals surface area contributed by atoms with Crippen molar-refractivity contribution in [1.29, 1.82) is 0 Å². The molecular formula is C21H17F2IN2O. The van der Waals surface area contributed by atoms with E-state index in [-0.39, 0.29) is 17.7 Å². The monoisotopic (exact) mass is 478 g/mol. The highest BCUT2D eigenvalue weighted by Crippen LogP contribution is 2.24. The molecule has 0 N–H and O–H groups in total. The number of fused-ring (bicyclic) bond motifs is 1. The van der Waals surface area contributed by atoms with Crippen LogP contribution in [0.4, 0.5) is 8.78 Å². The number of nitrogens with zero attached hydrogens (tertiary/aromatic N) is 2. The number of alkyl halides is 1. The van der Waals surface area contributed by atoms with E-state index >= 15 is 0 Å². The largest absolute Gasteiger partial charge is 0.473 e. The Balaban J connectivity index is 1.68. The molecule has 1 aromatic heterocycles. The fraction of sp³-hybridized carbons (Fsp3) is 0.238. The molecule has 2 unspecified atom stereocenters. The van der Waals surface area contributed by atoms with E-state index in [1.165, 1.54) is 17.8 Å². The van der Waals surface area contributed by atoms with Crippen molar-refractivity contribution in [3.8, 4) is 0 Å². The lowest BCUT2D eigenvalue weighted by atomic mass is 10.00. The van der Waals surface area contributed by atoms with Crippen LogP contribution in [0.3, 0.4) is 0 Å². The van der Waals surface area contributed by atoms with Crippen LogP contribution in [-0.2, 0) is 11.2 Å². The number of benzene rings is 2. The summed E-state index contributed by atoms with van der Waals surface area (Å²) in [5.41, 5.74) is 1.93. The first-order chi connectivity index (χ1) is 13.1. The Hall–Kier alpha value is -2.09. The van der Waals surface area contributed by atoms with E-state index in [4.69, 9.17) is 9.73 Å². The van der Waals surface area contributed by atoms with Gasteiger partial charge in [-0.1, -0.05) is 52.9 Å². The fourth-order valence-electron chi connectivity index (χ4n) is 3.27. The topological polar surface area (TPSA) is 34.5 Å². The van der Waals surface area contributed by atoms with E-state index < -0.39 is 11.6 Å². The number of ether oxygens (including phenoxy) is 1. The SMILES string of the molecule is Fc1ccc2cc(C3=NC(Cc4ccccc4)CC(CI)O3)cnc2c1F. The number of pyridine rings is 1. The zero-order valence-electron chi connectivity index (χ0n) is 14.4. The van der Waals surface area contributed by atoms with Gasteiger partial charge in [0.15, 0.2) is 11.6 Å². The van der Waals surface area contributed by atoms with Crippen LogP contribution in [0.1, 0.15) is 17.5 Å². The van der Waals surface area contributed by atoms with Crippen molar-refractivity contribution >= 4 is 39.4 Å². The molecule has 4 rings (SSSR count). The van der Waals surface area contributed by atoms with Gasteiger partial charge in [0.05, 0.1) is 11.6 Å². The molecule has 3 nitrogen and oxygen atoms in total. The second-order valence-corrected chi connectivity index (χ2v) is 7.45. The van der Waals surface area contributed by atoms with Crippen LogP contribution < -0.4 is 0 Å². The normalized spacial score (nSPS) is 19.6. The third kappa shape index (κ3) is 3.95. The van der Waals surface area contributed by atoms with Gasteiger partial charge in [-0.3, -0.25) is 4.98 Å². The van der Waals surface area contributed by atoms with Crippen molar-refractivity contribution in [2.75, 3.05) is 4.43 Å². The first-order valence-corrected chi connectivity index (χ1v) is 10.2. The first-order valence-electron chi connectivity index (χ1n) is 8.72. The highest BCUT2D eigenvalue weighted by atomic mass is 127. The summed E-state index contributed by atoms with van der Waals surface area (Å²) >= 11 is 2.31. The molecule has 3 aromatic rings. The van der Waals surface area contributed by atoms with Crippen molar-refractivity contribution in [2.45, 2.75) is 25.0 Å². The second-order valence-electron chi connectivity index (χ2n) is 6.56. The summed E-state index contributed by atoms with van der Waals surface area (Å²) < 4.78 is 34.2. The van der Waals surface area contributed by atoms with Crippen LogP contribution in [0.2, 0.25) is 0 Å². The van der Waals surface area contributed by atoms with Crippen molar-refractivity contribution in [3.05, 3.63) is 77.5 Å². The third-order valence-electron chi connectivity index (χ3n) is 4.59. The van der Waals surface area contributed by atoms with Crippen LogP contribution in [0.5, 0.6) is 0 Å². The number of aliphatic imine (C=N–C) groups is 1. The molecule has 2 heterocycles. The zero-order chi connectivity index (χ0) is 18.8. The number of hydrogen-bond acceptors (Lipinski definition) is 3. The van der Waals surface area contributed by atoms with Gasteiger partial charge in [0.2, 0.25) is 5.90 Å². The Labute approximate surface area is 169 Å². The average molecular weight is 478 g/mol. The Morgan fingerprint density at radius 1 is 1.11 bits per heavy atom. The summed E-state index contributed by atoms with van der Waals surface area (Å²) in [6.45, 7) is 0. The number of hydrogen-bond donors (Lipinski definition) is 0. The standard InChI is InChI=1S/C21H17F2IN2O/c22-18-7-6-14-9-15(12-25-20(14)19(18)23)21-26-16(10-17(11-24)27-21)8-13-4-2-1-3-5-13/h1-7,9,12,16-17H,8,10-11H2. The van der Waals surface area contributed by atoms with Gasteiger partial charge < -0.3 is 4.74 Å². The molecule has 1 aliphatic rings. The molecule has 0 bridgehead atoms. The fourth-order valence-corrected chi connectivity index (χ4v) is 3.81. The maximum atomic E-state index is 13.9. The van der Waals surface area contributed by atoms with Gasteiger partial charge in [-0.2, -0.15) is 0 Å². The predicted molar refractivity (Wildman–Crippen MR) is 111 cm³/mol. The number of rotatable bonds is 4. The summed E-state index contributed by atoms with van der Waals surface area (Å²) in [4.78, 5) is 8.87. The van der Waals surface area contributed by atoms with E-state index in [9.17, 15) is 8.78 Å². The Kier molecular flexibility index (Phi) is 5.33. The van der Waals surface area contributed by atoms with Crippen LogP contribution in [0.25, 0.3) is 10.9 Å². The summed E-state index contributed by atoms with van der Waals surface area (Å²) in [5.74, 6) is -1.32. The molecule has 27 heavy (non-hydrogen) atoms. The lowest BCUT2D eigenvalue weighted by Crippen LogP contribution is -2.32. The molecule has 2 atom stereocenters. The van der Waals surface area contributed by atoms with E-state index in [0.717, 1.165) is 23.3 Å². The van der Waals surface area contributed by atoms with E-state index in [0.29, 0.717) is 16.8 Å². The minimum atomic E-state index is -0.933. The van der Waals surface area contributed by atoms with Crippen molar-refractivity contribution in [1.82, 2.24) is 4.98 Å². The molecule has 0 radical (unpaired) electrons. The second kappa shape index (κ2) is 7.88. The molecule has 0 spiro atoms. The summed E-state index contributed by atoms with van der Waals surface area (Å²) in [7, 11) is 0. The lowest BCUT2D eigenvalue weighted by molar-refractivity contribution is 0.175.